The maximum atomic E-state index is 13.6. The summed E-state index contributed by atoms with van der Waals surface area (Å²) >= 11 is 0. The fourth-order valence-electron chi connectivity index (χ4n) is 4.83. The van der Waals surface area contributed by atoms with Crippen molar-refractivity contribution in [2.24, 2.45) is 5.10 Å². The molecule has 0 saturated carbocycles. The number of halogens is 3. The van der Waals surface area contributed by atoms with Crippen molar-refractivity contribution < 1.29 is 23.1 Å². The molecule has 2 heterocycles. The van der Waals surface area contributed by atoms with Gasteiger partial charge in [-0.3, -0.25) is 4.79 Å². The number of hydrogen-bond acceptors (Lipinski definition) is 4. The van der Waals surface area contributed by atoms with Gasteiger partial charge in [-0.05, 0) is 48.0 Å². The summed E-state index contributed by atoms with van der Waals surface area (Å²) in [7, 11) is 0. The zero-order valence-corrected chi connectivity index (χ0v) is 21.8. The van der Waals surface area contributed by atoms with E-state index in [0.717, 1.165) is 33.3 Å². The minimum Gasteiger partial charge on any atom is -0.478 e. The highest BCUT2D eigenvalue weighted by Crippen LogP contribution is 2.32. The highest BCUT2D eigenvalue weighted by Gasteiger charge is 2.31. The lowest BCUT2D eigenvalue weighted by atomic mass is 10.1. The van der Waals surface area contributed by atoms with E-state index in [1.165, 1.54) is 18.3 Å². The quantitative estimate of drug-likeness (QED) is 0.228. The molecule has 0 aliphatic heterocycles. The maximum absolute atomic E-state index is 13.6. The van der Waals surface area contributed by atoms with E-state index in [1.54, 1.807) is 48.5 Å². The molecule has 0 aliphatic rings. The molecule has 7 nitrogen and oxygen atoms in total. The Labute approximate surface area is 236 Å². The molecule has 0 bridgehead atoms. The van der Waals surface area contributed by atoms with Gasteiger partial charge >= 0.3 is 12.1 Å². The summed E-state index contributed by atoms with van der Waals surface area (Å²) in [4.78, 5) is 29.3. The van der Waals surface area contributed by atoms with Gasteiger partial charge in [0.05, 0.1) is 28.2 Å². The fraction of sp³-hybridized carbons (Fsp3) is 0.0625. The number of benzene rings is 4. The lowest BCUT2D eigenvalue weighted by molar-refractivity contribution is -0.137. The lowest BCUT2D eigenvalue weighted by Crippen LogP contribution is -2.20. The largest absolute Gasteiger partial charge is 0.478 e. The third-order valence-electron chi connectivity index (χ3n) is 6.89. The van der Waals surface area contributed by atoms with E-state index in [0.29, 0.717) is 17.6 Å². The summed E-state index contributed by atoms with van der Waals surface area (Å²) in [5.41, 5.74) is 1.67. The Balaban J connectivity index is 1.46. The molecule has 208 valence electrons. The highest BCUT2D eigenvalue weighted by atomic mass is 19.4. The van der Waals surface area contributed by atoms with Gasteiger partial charge < -0.3 is 9.67 Å². The molecule has 0 unspecified atom stereocenters. The summed E-state index contributed by atoms with van der Waals surface area (Å²) in [6.07, 6.45) is -1.24. The van der Waals surface area contributed by atoms with Gasteiger partial charge in [-0.1, -0.05) is 54.6 Å². The molecule has 0 aliphatic carbocycles. The molecule has 42 heavy (non-hydrogen) atoms. The monoisotopic (exact) mass is 566 g/mol. The first-order valence-corrected chi connectivity index (χ1v) is 12.8. The van der Waals surface area contributed by atoms with Gasteiger partial charge in [0.2, 0.25) is 0 Å². The Bertz CT molecular complexity index is 2060. The number of aromatic nitrogens is 3. The van der Waals surface area contributed by atoms with E-state index < -0.39 is 23.3 Å². The van der Waals surface area contributed by atoms with E-state index in [4.69, 9.17) is 0 Å². The molecule has 0 amide bonds. The third-order valence-corrected chi connectivity index (χ3v) is 6.89. The van der Waals surface area contributed by atoms with Gasteiger partial charge in [-0.2, -0.15) is 22.9 Å². The van der Waals surface area contributed by atoms with Gasteiger partial charge in [-0.15, -0.1) is 0 Å². The topological polar surface area (TPSA) is 89.5 Å². The van der Waals surface area contributed by atoms with Crippen LogP contribution in [-0.2, 0) is 12.7 Å². The summed E-state index contributed by atoms with van der Waals surface area (Å²) in [5, 5.41) is 14.8. The van der Waals surface area contributed by atoms with Crippen LogP contribution in [0.5, 0.6) is 0 Å². The van der Waals surface area contributed by atoms with Crippen molar-refractivity contribution in [3.05, 3.63) is 136 Å². The van der Waals surface area contributed by atoms with Crippen molar-refractivity contribution in [1.29, 1.82) is 0 Å². The zero-order valence-electron chi connectivity index (χ0n) is 21.8. The molecule has 4 aromatic carbocycles. The molecule has 6 aromatic rings. The van der Waals surface area contributed by atoms with Gasteiger partial charge in [0.25, 0.3) is 5.56 Å². The van der Waals surface area contributed by atoms with Gasteiger partial charge in [0, 0.05) is 34.8 Å². The van der Waals surface area contributed by atoms with Crippen molar-refractivity contribution in [1.82, 2.24) is 14.2 Å². The number of rotatable bonds is 6. The average Bonchev–Trinajstić information content (AvgIpc) is 3.33. The SMILES string of the molecule is O=C(O)c1ccc(Cn2cc(C=Nn3c(-c4cccc(C(F)(F)F)c4)nc4ccccc4c3=O)c3ccccc32)cc1. The Hall–Kier alpha value is -5.51. The molecular weight excluding hydrogens is 545 g/mol. The zero-order chi connectivity index (χ0) is 29.4. The summed E-state index contributed by atoms with van der Waals surface area (Å²) in [6.45, 7) is 0.446. The van der Waals surface area contributed by atoms with Crippen molar-refractivity contribution in [3.8, 4) is 11.4 Å². The number of para-hydroxylation sites is 2. The maximum Gasteiger partial charge on any atom is 0.416 e. The standard InChI is InChI=1S/C32H21F3N4O3/c33-32(34,35)24-7-5-6-22(16-24)29-37-27-10-3-1-9-26(27)30(40)39(29)36-17-23-19-38(28-11-4-2-8-25(23)28)18-20-12-14-21(15-13-20)31(41)42/h1-17,19H,18H2,(H,41,42). The third kappa shape index (κ3) is 5.05. The minimum atomic E-state index is -4.57. The summed E-state index contributed by atoms with van der Waals surface area (Å²) in [5.74, 6) is -1.03. The fourth-order valence-corrected chi connectivity index (χ4v) is 4.83. The van der Waals surface area contributed by atoms with Crippen molar-refractivity contribution in [3.63, 3.8) is 0 Å². The molecule has 10 heteroatoms. The number of carboxylic acids is 1. The van der Waals surface area contributed by atoms with Crippen LogP contribution < -0.4 is 5.56 Å². The predicted octanol–water partition coefficient (Wildman–Crippen LogP) is 6.67. The first-order valence-electron chi connectivity index (χ1n) is 12.8. The second-order valence-corrected chi connectivity index (χ2v) is 9.62. The molecule has 0 fully saturated rings. The molecule has 0 radical (unpaired) electrons. The van der Waals surface area contributed by atoms with Crippen LogP contribution in [0.25, 0.3) is 33.2 Å². The van der Waals surface area contributed by atoms with E-state index in [1.807, 2.05) is 35.0 Å². The minimum absolute atomic E-state index is 0.0247. The molecular formula is C32H21F3N4O3. The van der Waals surface area contributed by atoms with Crippen molar-refractivity contribution in [2.45, 2.75) is 12.7 Å². The Morgan fingerprint density at radius 1 is 0.905 bits per heavy atom. The molecule has 2 aromatic heterocycles. The molecule has 0 atom stereocenters. The van der Waals surface area contributed by atoms with E-state index >= 15 is 0 Å². The Morgan fingerprint density at radius 2 is 1.62 bits per heavy atom. The van der Waals surface area contributed by atoms with Crippen LogP contribution in [-0.4, -0.2) is 31.5 Å². The Morgan fingerprint density at radius 3 is 2.36 bits per heavy atom. The summed E-state index contributed by atoms with van der Waals surface area (Å²) < 4.78 is 43.5. The van der Waals surface area contributed by atoms with Gasteiger partial charge in [-0.25, -0.2) is 9.78 Å². The van der Waals surface area contributed by atoms with Gasteiger partial charge in [0.15, 0.2) is 5.82 Å². The van der Waals surface area contributed by atoms with Crippen LogP contribution in [0, 0.1) is 0 Å². The smallest absolute Gasteiger partial charge is 0.416 e. The normalized spacial score (nSPS) is 12.0. The second-order valence-electron chi connectivity index (χ2n) is 9.62. The number of hydrogen-bond donors (Lipinski definition) is 1. The van der Waals surface area contributed by atoms with Crippen LogP contribution in [0.2, 0.25) is 0 Å². The van der Waals surface area contributed by atoms with E-state index in [2.05, 4.69) is 10.1 Å². The van der Waals surface area contributed by atoms with E-state index in [-0.39, 0.29) is 22.3 Å². The van der Waals surface area contributed by atoms with Crippen LogP contribution in [0.1, 0.15) is 27.0 Å². The highest BCUT2D eigenvalue weighted by molar-refractivity contribution is 5.99. The number of fused-ring (bicyclic) bond motifs is 2. The van der Waals surface area contributed by atoms with Crippen LogP contribution in [0.15, 0.2) is 113 Å². The Kier molecular flexibility index (Phi) is 6.66. The van der Waals surface area contributed by atoms with Crippen LogP contribution in [0.3, 0.4) is 0 Å². The molecule has 1 N–H and O–H groups in total. The number of carboxylic acid groups (broad SMARTS) is 1. The summed E-state index contributed by atoms with van der Waals surface area (Å²) in [6, 6.07) is 25.4. The van der Waals surface area contributed by atoms with Gasteiger partial charge in [0.1, 0.15) is 0 Å². The number of aromatic carboxylic acids is 1. The second kappa shape index (κ2) is 10.5. The van der Waals surface area contributed by atoms with E-state index in [9.17, 15) is 27.9 Å². The van der Waals surface area contributed by atoms with Crippen molar-refractivity contribution in [2.75, 3.05) is 0 Å². The number of alkyl halides is 3. The first kappa shape index (κ1) is 26.7. The molecule has 0 saturated heterocycles. The van der Waals surface area contributed by atoms with Crippen molar-refractivity contribution >= 4 is 34.0 Å². The van der Waals surface area contributed by atoms with Crippen LogP contribution >= 0.6 is 0 Å². The predicted molar refractivity (Wildman–Crippen MR) is 154 cm³/mol. The number of nitrogens with zero attached hydrogens (tertiary/aromatic N) is 4. The first-order chi connectivity index (χ1) is 20.2. The number of carbonyl (C=O) groups is 1. The molecule has 6 rings (SSSR count). The lowest BCUT2D eigenvalue weighted by Gasteiger charge is -2.12. The van der Waals surface area contributed by atoms with Crippen LogP contribution in [0.4, 0.5) is 13.2 Å². The molecule has 0 spiro atoms. The average molecular weight is 567 g/mol.